The molecule has 3 aromatic carbocycles. The number of urea groups is 1. The van der Waals surface area contributed by atoms with Gasteiger partial charge in [0.05, 0.1) is 23.1 Å². The van der Waals surface area contributed by atoms with Crippen LogP contribution in [0.15, 0.2) is 72.8 Å². The first kappa shape index (κ1) is 26.4. The van der Waals surface area contributed by atoms with Crippen molar-refractivity contribution in [1.29, 1.82) is 0 Å². The van der Waals surface area contributed by atoms with Crippen molar-refractivity contribution in [2.45, 2.75) is 25.7 Å². The predicted octanol–water partition coefficient (Wildman–Crippen LogP) is 6.74. The Morgan fingerprint density at radius 3 is 2.31 bits per heavy atom. The van der Waals surface area contributed by atoms with E-state index in [2.05, 4.69) is 10.6 Å². The first-order chi connectivity index (χ1) is 16.9. The highest BCUT2D eigenvalue weighted by atomic mass is 35.5. The van der Waals surface area contributed by atoms with Crippen LogP contribution in [0, 0.1) is 0 Å². The molecule has 3 rings (SSSR count). The van der Waals surface area contributed by atoms with Crippen LogP contribution in [-0.4, -0.2) is 32.1 Å². The topological polar surface area (TPSA) is 70.7 Å². The van der Waals surface area contributed by atoms with Crippen LogP contribution in [0.2, 0.25) is 10.0 Å². The monoisotopic (exact) mass is 513 g/mol. The van der Waals surface area contributed by atoms with Gasteiger partial charge in [-0.3, -0.25) is 9.69 Å². The van der Waals surface area contributed by atoms with Crippen molar-refractivity contribution in [2.75, 3.05) is 30.4 Å². The van der Waals surface area contributed by atoms with Crippen LogP contribution < -0.4 is 20.3 Å². The van der Waals surface area contributed by atoms with Gasteiger partial charge < -0.3 is 15.4 Å². The smallest absolute Gasteiger partial charge is 0.326 e. The minimum atomic E-state index is -0.324. The third-order valence-corrected chi connectivity index (χ3v) is 6.32. The molecule has 0 saturated carbocycles. The summed E-state index contributed by atoms with van der Waals surface area (Å²) in [5, 5.41) is 6.64. The fourth-order valence-corrected chi connectivity index (χ4v) is 4.00. The summed E-state index contributed by atoms with van der Waals surface area (Å²) in [6.07, 6.45) is 1.28. The zero-order chi connectivity index (χ0) is 25.2. The van der Waals surface area contributed by atoms with E-state index in [1.165, 1.54) is 0 Å². The van der Waals surface area contributed by atoms with Gasteiger partial charge >= 0.3 is 6.03 Å². The van der Waals surface area contributed by atoms with Crippen molar-refractivity contribution in [3.8, 4) is 5.75 Å². The molecule has 0 aliphatic rings. The second kappa shape index (κ2) is 13.0. The van der Waals surface area contributed by atoms with Crippen LogP contribution in [0.5, 0.6) is 5.75 Å². The minimum Gasteiger partial charge on any atom is -0.497 e. The average Bonchev–Trinajstić information content (AvgIpc) is 2.87. The van der Waals surface area contributed by atoms with Gasteiger partial charge in [0.15, 0.2) is 0 Å². The second-order valence-corrected chi connectivity index (χ2v) is 8.74. The van der Waals surface area contributed by atoms with Crippen LogP contribution >= 0.6 is 23.2 Å². The van der Waals surface area contributed by atoms with E-state index in [1.54, 1.807) is 42.3 Å². The van der Waals surface area contributed by atoms with Crippen molar-refractivity contribution < 1.29 is 14.3 Å². The van der Waals surface area contributed by atoms with Gasteiger partial charge in [0, 0.05) is 24.5 Å². The molecule has 0 aliphatic heterocycles. The molecule has 0 fully saturated rings. The maximum Gasteiger partial charge on any atom is 0.326 e. The van der Waals surface area contributed by atoms with E-state index < -0.39 is 0 Å². The molecule has 1 atom stereocenters. The highest BCUT2D eigenvalue weighted by molar-refractivity contribution is 6.42. The zero-order valence-corrected chi connectivity index (χ0v) is 21.3. The lowest BCUT2D eigenvalue weighted by atomic mass is 9.96. The van der Waals surface area contributed by atoms with Crippen molar-refractivity contribution in [3.05, 3.63) is 88.4 Å². The highest BCUT2D eigenvalue weighted by Crippen LogP contribution is 2.26. The molecule has 0 spiro atoms. The fourth-order valence-electron chi connectivity index (χ4n) is 3.70. The molecule has 2 N–H and O–H groups in total. The number of halogens is 2. The van der Waals surface area contributed by atoms with Crippen molar-refractivity contribution in [1.82, 2.24) is 5.32 Å². The largest absolute Gasteiger partial charge is 0.497 e. The van der Waals surface area contributed by atoms with Gasteiger partial charge in [-0.1, -0.05) is 60.5 Å². The first-order valence-electron chi connectivity index (χ1n) is 11.4. The van der Waals surface area contributed by atoms with Crippen molar-refractivity contribution in [2.24, 2.45) is 0 Å². The maximum atomic E-state index is 13.2. The molecule has 0 aromatic heterocycles. The summed E-state index contributed by atoms with van der Waals surface area (Å²) in [5.41, 5.74) is 2.23. The summed E-state index contributed by atoms with van der Waals surface area (Å²) >= 11 is 12.1. The van der Waals surface area contributed by atoms with E-state index in [-0.39, 0.29) is 17.9 Å². The molecule has 0 aliphatic carbocycles. The van der Waals surface area contributed by atoms with E-state index in [1.807, 2.05) is 49.4 Å². The second-order valence-electron chi connectivity index (χ2n) is 7.92. The number of carbonyl (C=O) groups excluding carboxylic acids is 2. The number of anilines is 2. The summed E-state index contributed by atoms with van der Waals surface area (Å²) in [7, 11) is 1.59. The molecule has 1 unspecified atom stereocenters. The van der Waals surface area contributed by atoms with Crippen LogP contribution in [0.25, 0.3) is 0 Å². The lowest BCUT2D eigenvalue weighted by molar-refractivity contribution is -0.122. The number of amides is 3. The summed E-state index contributed by atoms with van der Waals surface area (Å²) < 4.78 is 5.23. The number of rotatable bonds is 10. The van der Waals surface area contributed by atoms with Crippen LogP contribution in [0.4, 0.5) is 16.2 Å². The maximum absolute atomic E-state index is 13.2. The Bertz CT molecular complexity index is 1120. The van der Waals surface area contributed by atoms with Crippen LogP contribution in [0.3, 0.4) is 0 Å². The lowest BCUT2D eigenvalue weighted by Crippen LogP contribution is -2.38. The molecule has 3 aromatic rings. The number of hydrogen-bond acceptors (Lipinski definition) is 3. The molecule has 0 saturated heterocycles. The number of carbonyl (C=O) groups is 2. The van der Waals surface area contributed by atoms with Gasteiger partial charge in [-0.15, -0.1) is 0 Å². The normalized spacial score (nSPS) is 11.4. The van der Waals surface area contributed by atoms with Gasteiger partial charge in [-0.05, 0) is 60.9 Å². The van der Waals surface area contributed by atoms with Gasteiger partial charge in [0.1, 0.15) is 5.75 Å². The number of hydrogen-bond donors (Lipinski definition) is 2. The molecule has 8 heteroatoms. The summed E-state index contributed by atoms with van der Waals surface area (Å²) in [4.78, 5) is 27.5. The van der Waals surface area contributed by atoms with E-state index in [0.717, 1.165) is 5.56 Å². The molecule has 35 heavy (non-hydrogen) atoms. The Kier molecular flexibility index (Phi) is 9.82. The molecule has 6 nitrogen and oxygen atoms in total. The molecule has 0 radical (unpaired) electrons. The third kappa shape index (κ3) is 7.38. The molecule has 0 bridgehead atoms. The predicted molar refractivity (Wildman–Crippen MR) is 143 cm³/mol. The van der Waals surface area contributed by atoms with E-state index in [4.69, 9.17) is 27.9 Å². The van der Waals surface area contributed by atoms with Gasteiger partial charge in [0.25, 0.3) is 0 Å². The quantitative estimate of drug-likeness (QED) is 0.295. The van der Waals surface area contributed by atoms with Crippen molar-refractivity contribution >= 4 is 46.5 Å². The number of methoxy groups -OCH3 is 1. The first-order valence-corrected chi connectivity index (χ1v) is 12.2. The molecular formula is C27H29Cl2N3O3. The van der Waals surface area contributed by atoms with Gasteiger partial charge in [-0.2, -0.15) is 0 Å². The molecular weight excluding hydrogens is 485 g/mol. The number of nitrogens with one attached hydrogen (secondary N) is 2. The average molecular weight is 514 g/mol. The SMILES string of the molecule is CCC(C(=O)NCCCN(C(=O)Nc1ccc(Cl)c(Cl)c1)c1ccc(OC)cc1)c1ccccc1. The molecule has 0 heterocycles. The van der Waals surface area contributed by atoms with E-state index in [0.29, 0.717) is 53.1 Å². The van der Waals surface area contributed by atoms with Crippen molar-refractivity contribution in [3.63, 3.8) is 0 Å². The summed E-state index contributed by atoms with van der Waals surface area (Å²) in [6, 6.07) is 21.5. The van der Waals surface area contributed by atoms with Crippen LogP contribution in [-0.2, 0) is 4.79 Å². The Balaban J connectivity index is 1.65. The Morgan fingerprint density at radius 1 is 0.971 bits per heavy atom. The molecule has 184 valence electrons. The Labute approximate surface area is 216 Å². The van der Waals surface area contributed by atoms with Gasteiger partial charge in [-0.25, -0.2) is 4.79 Å². The summed E-state index contributed by atoms with van der Waals surface area (Å²) in [5.74, 6) is 0.471. The Hall–Kier alpha value is -3.22. The fraction of sp³-hybridized carbons (Fsp3) is 0.259. The number of benzene rings is 3. The Morgan fingerprint density at radius 2 is 1.69 bits per heavy atom. The number of nitrogens with zero attached hydrogens (tertiary/aromatic N) is 1. The molecule has 3 amide bonds. The third-order valence-electron chi connectivity index (χ3n) is 5.58. The van der Waals surface area contributed by atoms with Crippen LogP contribution in [0.1, 0.15) is 31.2 Å². The highest BCUT2D eigenvalue weighted by Gasteiger charge is 2.19. The van der Waals surface area contributed by atoms with Gasteiger partial charge in [0.2, 0.25) is 5.91 Å². The standard InChI is InChI=1S/C27H29Cl2N3O3/c1-3-23(19-8-5-4-6-9-19)26(33)30-16-7-17-32(21-11-13-22(35-2)14-12-21)27(34)31-20-10-15-24(28)25(29)18-20/h4-6,8-15,18,23H,3,7,16-17H2,1-2H3,(H,30,33)(H,31,34). The van der Waals surface area contributed by atoms with E-state index in [9.17, 15) is 9.59 Å². The lowest BCUT2D eigenvalue weighted by Gasteiger charge is -2.24. The minimum absolute atomic E-state index is 0.0186. The summed E-state index contributed by atoms with van der Waals surface area (Å²) in [6.45, 7) is 2.83. The zero-order valence-electron chi connectivity index (χ0n) is 19.8. The number of ether oxygens (including phenoxy) is 1. The van der Waals surface area contributed by atoms with E-state index >= 15 is 0 Å².